The van der Waals surface area contributed by atoms with Crippen LogP contribution in [0.2, 0.25) is 0 Å². The lowest BCUT2D eigenvalue weighted by molar-refractivity contribution is -0.117. The fourth-order valence-corrected chi connectivity index (χ4v) is 3.72. The van der Waals surface area contributed by atoms with Crippen molar-refractivity contribution in [2.45, 2.75) is 18.4 Å². The van der Waals surface area contributed by atoms with Crippen molar-refractivity contribution in [2.24, 2.45) is 0 Å². The zero-order valence-electron chi connectivity index (χ0n) is 16.9. The molecule has 2 rings (SSSR count). The summed E-state index contributed by atoms with van der Waals surface area (Å²) in [5, 5.41) is 2.76. The maximum atomic E-state index is 12.4. The molecule has 0 aliphatic heterocycles. The minimum Gasteiger partial charge on any atom is -0.496 e. The van der Waals surface area contributed by atoms with Crippen molar-refractivity contribution >= 4 is 21.6 Å². The fourth-order valence-electron chi connectivity index (χ4n) is 2.77. The molecule has 0 fully saturated rings. The molecule has 2 aromatic rings. The highest BCUT2D eigenvalue weighted by atomic mass is 32.2. The maximum Gasteiger partial charge on any atom is 0.242 e. The predicted octanol–water partition coefficient (Wildman–Crippen LogP) is 2.32. The highest BCUT2D eigenvalue weighted by molar-refractivity contribution is 7.89. The van der Waals surface area contributed by atoms with Crippen LogP contribution in [0.15, 0.2) is 47.4 Å². The van der Waals surface area contributed by atoms with E-state index in [9.17, 15) is 13.2 Å². The highest BCUT2D eigenvalue weighted by Gasteiger charge is 2.18. The van der Waals surface area contributed by atoms with Gasteiger partial charge in [0, 0.05) is 31.9 Å². The van der Waals surface area contributed by atoms with E-state index < -0.39 is 10.0 Å². The predicted molar refractivity (Wildman–Crippen MR) is 110 cm³/mol. The first-order valence-electron chi connectivity index (χ1n) is 8.78. The number of hydrogen-bond donors (Lipinski definition) is 1. The summed E-state index contributed by atoms with van der Waals surface area (Å²) < 4.78 is 31.0. The lowest BCUT2D eigenvalue weighted by Crippen LogP contribution is -2.30. The van der Waals surface area contributed by atoms with E-state index in [1.807, 2.05) is 37.1 Å². The summed E-state index contributed by atoms with van der Waals surface area (Å²) >= 11 is 0. The number of aryl methyl sites for hydroxylation is 1. The Morgan fingerprint density at radius 2 is 1.82 bits per heavy atom. The van der Waals surface area contributed by atoms with Gasteiger partial charge >= 0.3 is 0 Å². The number of nitrogens with zero attached hydrogens (tertiary/aromatic N) is 2. The molecule has 2 aromatic carbocycles. The second-order valence-corrected chi connectivity index (χ2v) is 9.00. The van der Waals surface area contributed by atoms with Crippen molar-refractivity contribution in [2.75, 3.05) is 40.1 Å². The number of hydrogen-bond acceptors (Lipinski definition) is 5. The van der Waals surface area contributed by atoms with E-state index in [2.05, 4.69) is 5.32 Å². The van der Waals surface area contributed by atoms with Gasteiger partial charge in [-0.2, -0.15) is 0 Å². The van der Waals surface area contributed by atoms with Gasteiger partial charge in [-0.05, 0) is 38.2 Å². The molecule has 1 N–H and O–H groups in total. The molecule has 0 saturated carbocycles. The molecule has 152 valence electrons. The number of carbonyl (C=O) groups is 1. The van der Waals surface area contributed by atoms with Gasteiger partial charge in [-0.3, -0.25) is 9.69 Å². The molecular weight excluding hydrogens is 378 g/mol. The molecule has 0 unspecified atom stereocenters. The molecule has 0 aliphatic rings. The van der Waals surface area contributed by atoms with Gasteiger partial charge in [0.25, 0.3) is 0 Å². The first-order chi connectivity index (χ1) is 13.1. The molecule has 8 heteroatoms. The second-order valence-electron chi connectivity index (χ2n) is 6.85. The van der Waals surface area contributed by atoms with Gasteiger partial charge in [-0.15, -0.1) is 0 Å². The molecule has 7 nitrogen and oxygen atoms in total. The summed E-state index contributed by atoms with van der Waals surface area (Å²) in [6, 6.07) is 12.1. The van der Waals surface area contributed by atoms with Crippen LogP contribution >= 0.6 is 0 Å². The van der Waals surface area contributed by atoms with Crippen LogP contribution < -0.4 is 10.1 Å². The fraction of sp³-hybridized carbons (Fsp3) is 0.350. The van der Waals surface area contributed by atoms with Crippen molar-refractivity contribution < 1.29 is 17.9 Å². The van der Waals surface area contributed by atoms with E-state index in [4.69, 9.17) is 4.74 Å². The van der Waals surface area contributed by atoms with Crippen molar-refractivity contribution in [1.82, 2.24) is 9.21 Å². The van der Waals surface area contributed by atoms with Crippen LogP contribution in [0.1, 0.15) is 11.1 Å². The van der Waals surface area contributed by atoms with E-state index in [0.29, 0.717) is 12.2 Å². The molecular formula is C20H27N3O4S. The summed E-state index contributed by atoms with van der Waals surface area (Å²) in [6.45, 7) is 2.71. The van der Waals surface area contributed by atoms with Gasteiger partial charge in [-0.1, -0.05) is 23.8 Å². The molecule has 0 aromatic heterocycles. The molecule has 0 atom stereocenters. The Hall–Kier alpha value is -2.42. The average Bonchev–Trinajstić information content (AvgIpc) is 2.61. The normalized spacial score (nSPS) is 11.7. The third-order valence-corrected chi connectivity index (χ3v) is 6.00. The molecule has 0 saturated heterocycles. The van der Waals surface area contributed by atoms with Crippen molar-refractivity contribution in [3.8, 4) is 5.75 Å². The zero-order valence-corrected chi connectivity index (χ0v) is 17.7. The number of sulfonamides is 1. The van der Waals surface area contributed by atoms with E-state index in [1.54, 1.807) is 19.2 Å². The number of carbonyl (C=O) groups excluding carboxylic acids is 1. The third-order valence-electron chi connectivity index (χ3n) is 4.19. The van der Waals surface area contributed by atoms with E-state index in [-0.39, 0.29) is 17.3 Å². The van der Waals surface area contributed by atoms with E-state index in [0.717, 1.165) is 21.2 Å². The van der Waals surface area contributed by atoms with E-state index in [1.165, 1.54) is 26.2 Å². The third kappa shape index (κ3) is 5.54. The Morgan fingerprint density at radius 3 is 2.46 bits per heavy atom. The minimum atomic E-state index is -3.55. The van der Waals surface area contributed by atoms with Gasteiger partial charge in [0.1, 0.15) is 5.75 Å². The Bertz CT molecular complexity index is 942. The van der Waals surface area contributed by atoms with Crippen LogP contribution in [0.5, 0.6) is 5.75 Å². The number of benzene rings is 2. The minimum absolute atomic E-state index is 0.133. The number of likely N-dealkylation sites (N-methyl/N-ethyl adjacent to an activating group) is 1. The molecule has 0 heterocycles. The van der Waals surface area contributed by atoms with Gasteiger partial charge in [0.05, 0.1) is 18.6 Å². The highest BCUT2D eigenvalue weighted by Crippen LogP contribution is 2.21. The number of ether oxygens (including phenoxy) is 1. The SMILES string of the molecule is COc1ccc(C)cc1CN(C)CC(=O)Nc1cccc(S(=O)(=O)N(C)C)c1. The maximum absolute atomic E-state index is 12.4. The van der Waals surface area contributed by atoms with Gasteiger partial charge in [-0.25, -0.2) is 12.7 Å². The number of amides is 1. The topological polar surface area (TPSA) is 79.0 Å². The van der Waals surface area contributed by atoms with E-state index >= 15 is 0 Å². The van der Waals surface area contributed by atoms with Crippen LogP contribution in [0, 0.1) is 6.92 Å². The quantitative estimate of drug-likeness (QED) is 0.729. The van der Waals surface area contributed by atoms with Crippen molar-refractivity contribution in [3.05, 3.63) is 53.6 Å². The van der Waals surface area contributed by atoms with Crippen molar-refractivity contribution in [3.63, 3.8) is 0 Å². The number of methoxy groups -OCH3 is 1. The number of rotatable bonds is 8. The number of anilines is 1. The second kappa shape index (κ2) is 9.18. The summed E-state index contributed by atoms with van der Waals surface area (Å²) in [7, 11) is 2.84. The summed E-state index contributed by atoms with van der Waals surface area (Å²) in [5.74, 6) is 0.549. The zero-order chi connectivity index (χ0) is 20.9. The molecule has 0 radical (unpaired) electrons. The van der Waals surface area contributed by atoms with Gasteiger partial charge in [0.2, 0.25) is 15.9 Å². The first kappa shape index (κ1) is 21.9. The molecule has 1 amide bonds. The summed E-state index contributed by atoms with van der Waals surface area (Å²) in [4.78, 5) is 14.4. The lowest BCUT2D eigenvalue weighted by atomic mass is 10.1. The lowest BCUT2D eigenvalue weighted by Gasteiger charge is -2.19. The van der Waals surface area contributed by atoms with Gasteiger partial charge in [0.15, 0.2) is 0 Å². The Morgan fingerprint density at radius 1 is 1.11 bits per heavy atom. The largest absolute Gasteiger partial charge is 0.496 e. The first-order valence-corrected chi connectivity index (χ1v) is 10.2. The molecule has 28 heavy (non-hydrogen) atoms. The molecule has 0 bridgehead atoms. The molecule has 0 aliphatic carbocycles. The van der Waals surface area contributed by atoms with Crippen LogP contribution in [0.25, 0.3) is 0 Å². The van der Waals surface area contributed by atoms with Crippen LogP contribution in [0.3, 0.4) is 0 Å². The molecule has 0 spiro atoms. The summed E-state index contributed by atoms with van der Waals surface area (Å²) in [5.41, 5.74) is 2.55. The number of nitrogens with one attached hydrogen (secondary N) is 1. The Kier molecular flexibility index (Phi) is 7.17. The van der Waals surface area contributed by atoms with Gasteiger partial charge < -0.3 is 10.1 Å². The average molecular weight is 406 g/mol. The monoisotopic (exact) mass is 405 g/mol. The van der Waals surface area contributed by atoms with Crippen LogP contribution in [0.4, 0.5) is 5.69 Å². The van der Waals surface area contributed by atoms with Crippen LogP contribution in [-0.2, 0) is 21.4 Å². The Balaban J connectivity index is 2.04. The standard InChI is InChI=1S/C20H27N3O4S/c1-15-9-10-19(27-5)16(11-15)13-23(4)14-20(24)21-17-7-6-8-18(12-17)28(25,26)22(2)3/h6-12H,13-14H2,1-5H3,(H,21,24). The van der Waals surface area contributed by atoms with Crippen molar-refractivity contribution in [1.29, 1.82) is 0 Å². The van der Waals surface area contributed by atoms with Crippen LogP contribution in [-0.4, -0.2) is 58.3 Å². The Labute approximate surface area is 167 Å². The smallest absolute Gasteiger partial charge is 0.242 e. The summed E-state index contributed by atoms with van der Waals surface area (Å²) in [6.07, 6.45) is 0.